The van der Waals surface area contributed by atoms with E-state index in [2.05, 4.69) is 24.2 Å². The molecule has 2 unspecified atom stereocenters. The number of nitrogens with one attached hydrogen (secondary N) is 1. The predicted octanol–water partition coefficient (Wildman–Crippen LogP) is 1.66. The molecule has 1 aromatic carbocycles. The van der Waals surface area contributed by atoms with Gasteiger partial charge in [-0.15, -0.1) is 0 Å². The van der Waals surface area contributed by atoms with Gasteiger partial charge in [0.1, 0.15) is 5.82 Å². The number of nitrogens with two attached hydrogens (primary N) is 1. The summed E-state index contributed by atoms with van der Waals surface area (Å²) in [5.41, 5.74) is 6.75. The minimum atomic E-state index is -0.214. The molecule has 1 aliphatic heterocycles. The Kier molecular flexibility index (Phi) is 3.35. The topological polar surface area (TPSA) is 41.3 Å². The zero-order valence-electron chi connectivity index (χ0n) is 10.4. The highest BCUT2D eigenvalue weighted by molar-refractivity contribution is 5.46. The van der Waals surface area contributed by atoms with E-state index in [9.17, 15) is 4.39 Å². The average molecular weight is 237 g/mol. The maximum absolute atomic E-state index is 12.8. The second-order valence-corrected chi connectivity index (χ2v) is 5.08. The summed E-state index contributed by atoms with van der Waals surface area (Å²) >= 11 is 0. The SMILES string of the molecule is CC1CC(CN)(Nc2ccc(F)cc2)CN1C. The maximum Gasteiger partial charge on any atom is 0.123 e. The Morgan fingerprint density at radius 2 is 2.12 bits per heavy atom. The van der Waals surface area contributed by atoms with Crippen molar-refractivity contribution in [2.45, 2.75) is 24.9 Å². The van der Waals surface area contributed by atoms with Crippen molar-refractivity contribution in [3.05, 3.63) is 30.1 Å². The number of halogens is 1. The van der Waals surface area contributed by atoms with E-state index in [1.165, 1.54) is 12.1 Å². The van der Waals surface area contributed by atoms with Crippen molar-refractivity contribution in [3.8, 4) is 0 Å². The van der Waals surface area contributed by atoms with E-state index in [1.807, 2.05) is 0 Å². The second kappa shape index (κ2) is 4.63. The number of rotatable bonds is 3. The van der Waals surface area contributed by atoms with Crippen LogP contribution in [0.1, 0.15) is 13.3 Å². The van der Waals surface area contributed by atoms with Crippen molar-refractivity contribution in [2.75, 3.05) is 25.5 Å². The third kappa shape index (κ3) is 2.58. The maximum atomic E-state index is 12.8. The van der Waals surface area contributed by atoms with Gasteiger partial charge < -0.3 is 16.0 Å². The van der Waals surface area contributed by atoms with Gasteiger partial charge in [0.05, 0.1) is 5.54 Å². The molecule has 17 heavy (non-hydrogen) atoms. The average Bonchev–Trinajstić information content (AvgIpc) is 2.59. The van der Waals surface area contributed by atoms with Crippen LogP contribution in [-0.2, 0) is 0 Å². The second-order valence-electron chi connectivity index (χ2n) is 5.08. The molecule has 0 aromatic heterocycles. The Hall–Kier alpha value is -1.13. The van der Waals surface area contributed by atoms with Crippen LogP contribution in [0, 0.1) is 5.82 Å². The first-order valence-corrected chi connectivity index (χ1v) is 5.99. The minimum absolute atomic E-state index is 0.0913. The number of likely N-dealkylation sites (tertiary alicyclic amines) is 1. The van der Waals surface area contributed by atoms with Gasteiger partial charge in [-0.1, -0.05) is 0 Å². The van der Waals surface area contributed by atoms with Crippen LogP contribution in [0.15, 0.2) is 24.3 Å². The normalized spacial score (nSPS) is 29.5. The number of anilines is 1. The largest absolute Gasteiger partial charge is 0.377 e. The fraction of sp³-hybridized carbons (Fsp3) is 0.538. The summed E-state index contributed by atoms with van der Waals surface area (Å²) in [5.74, 6) is -0.214. The van der Waals surface area contributed by atoms with E-state index >= 15 is 0 Å². The van der Waals surface area contributed by atoms with Crippen LogP contribution in [0.25, 0.3) is 0 Å². The number of likely N-dealkylation sites (N-methyl/N-ethyl adjacent to an activating group) is 1. The predicted molar refractivity (Wildman–Crippen MR) is 68.5 cm³/mol. The van der Waals surface area contributed by atoms with Gasteiger partial charge in [0.2, 0.25) is 0 Å². The zero-order valence-corrected chi connectivity index (χ0v) is 10.4. The Morgan fingerprint density at radius 1 is 1.47 bits per heavy atom. The van der Waals surface area contributed by atoms with Crippen molar-refractivity contribution in [1.82, 2.24) is 4.90 Å². The van der Waals surface area contributed by atoms with Crippen molar-refractivity contribution in [2.24, 2.45) is 5.73 Å². The zero-order chi connectivity index (χ0) is 12.5. The summed E-state index contributed by atoms with van der Waals surface area (Å²) in [7, 11) is 2.11. The Labute approximate surface area is 102 Å². The van der Waals surface area contributed by atoms with Crippen LogP contribution >= 0.6 is 0 Å². The highest BCUT2D eigenvalue weighted by Gasteiger charge is 2.39. The highest BCUT2D eigenvalue weighted by Crippen LogP contribution is 2.28. The van der Waals surface area contributed by atoms with Gasteiger partial charge in [0, 0.05) is 24.8 Å². The van der Waals surface area contributed by atoms with E-state index in [1.54, 1.807) is 12.1 Å². The first-order valence-electron chi connectivity index (χ1n) is 5.99. The van der Waals surface area contributed by atoms with Gasteiger partial charge in [0.25, 0.3) is 0 Å². The van der Waals surface area contributed by atoms with Gasteiger partial charge in [-0.25, -0.2) is 4.39 Å². The van der Waals surface area contributed by atoms with E-state index in [0.717, 1.165) is 18.7 Å². The van der Waals surface area contributed by atoms with Crippen molar-refractivity contribution < 1.29 is 4.39 Å². The third-order valence-electron chi connectivity index (χ3n) is 3.64. The molecule has 3 N–H and O–H groups in total. The monoisotopic (exact) mass is 237 g/mol. The molecule has 1 heterocycles. The standard InChI is InChI=1S/C13H20FN3/c1-10-7-13(8-15,9-17(10)2)16-12-5-3-11(14)4-6-12/h3-6,10,16H,7-9,15H2,1-2H3. The van der Waals surface area contributed by atoms with Gasteiger partial charge in [0.15, 0.2) is 0 Å². The van der Waals surface area contributed by atoms with Crippen molar-refractivity contribution >= 4 is 5.69 Å². The summed E-state index contributed by atoms with van der Waals surface area (Å²) in [6, 6.07) is 6.97. The molecule has 1 aromatic rings. The molecule has 0 saturated carbocycles. The number of hydrogen-bond donors (Lipinski definition) is 2. The van der Waals surface area contributed by atoms with Gasteiger partial charge in [-0.3, -0.25) is 0 Å². The van der Waals surface area contributed by atoms with Crippen LogP contribution in [0.3, 0.4) is 0 Å². The molecule has 1 saturated heterocycles. The molecule has 2 rings (SSSR count). The molecule has 0 spiro atoms. The molecule has 0 aliphatic carbocycles. The highest BCUT2D eigenvalue weighted by atomic mass is 19.1. The Bertz CT molecular complexity index is 367. The number of nitrogens with zero attached hydrogens (tertiary/aromatic N) is 1. The Morgan fingerprint density at radius 3 is 2.59 bits per heavy atom. The molecule has 0 amide bonds. The molecule has 3 nitrogen and oxygen atoms in total. The van der Waals surface area contributed by atoms with Crippen LogP contribution in [-0.4, -0.2) is 36.6 Å². The summed E-state index contributed by atoms with van der Waals surface area (Å²) in [6.07, 6.45) is 1.01. The smallest absolute Gasteiger partial charge is 0.123 e. The number of benzene rings is 1. The van der Waals surface area contributed by atoms with Gasteiger partial charge >= 0.3 is 0 Å². The van der Waals surface area contributed by atoms with Crippen molar-refractivity contribution in [3.63, 3.8) is 0 Å². The van der Waals surface area contributed by atoms with Crippen LogP contribution in [0.2, 0.25) is 0 Å². The fourth-order valence-electron chi connectivity index (χ4n) is 2.55. The Balaban J connectivity index is 2.13. The van der Waals surface area contributed by atoms with Crippen LogP contribution in [0.4, 0.5) is 10.1 Å². The van der Waals surface area contributed by atoms with E-state index in [-0.39, 0.29) is 11.4 Å². The van der Waals surface area contributed by atoms with Gasteiger partial charge in [-0.2, -0.15) is 0 Å². The lowest BCUT2D eigenvalue weighted by Gasteiger charge is -2.30. The molecule has 1 aliphatic rings. The summed E-state index contributed by atoms with van der Waals surface area (Å²) in [6.45, 7) is 3.70. The molecule has 1 fully saturated rings. The quantitative estimate of drug-likeness (QED) is 0.840. The van der Waals surface area contributed by atoms with Crippen molar-refractivity contribution in [1.29, 1.82) is 0 Å². The molecule has 94 valence electrons. The summed E-state index contributed by atoms with van der Waals surface area (Å²) in [4.78, 5) is 2.30. The molecular weight excluding hydrogens is 217 g/mol. The first kappa shape index (κ1) is 12.3. The minimum Gasteiger partial charge on any atom is -0.377 e. The first-order chi connectivity index (χ1) is 8.04. The molecule has 0 bridgehead atoms. The van der Waals surface area contributed by atoms with Crippen LogP contribution < -0.4 is 11.1 Å². The van der Waals surface area contributed by atoms with Gasteiger partial charge in [-0.05, 0) is 44.7 Å². The van der Waals surface area contributed by atoms with Crippen LogP contribution in [0.5, 0.6) is 0 Å². The van der Waals surface area contributed by atoms with E-state index < -0.39 is 0 Å². The third-order valence-corrected chi connectivity index (χ3v) is 3.64. The molecular formula is C13H20FN3. The molecule has 4 heteroatoms. The van der Waals surface area contributed by atoms with E-state index in [0.29, 0.717) is 12.6 Å². The lowest BCUT2D eigenvalue weighted by Crippen LogP contribution is -2.47. The van der Waals surface area contributed by atoms with E-state index in [4.69, 9.17) is 5.73 Å². The lowest BCUT2D eigenvalue weighted by molar-refractivity contribution is 0.323. The lowest BCUT2D eigenvalue weighted by atomic mass is 9.96. The summed E-state index contributed by atoms with van der Waals surface area (Å²) in [5, 5.41) is 3.46. The number of hydrogen-bond acceptors (Lipinski definition) is 3. The summed E-state index contributed by atoms with van der Waals surface area (Å²) < 4.78 is 12.8. The molecule has 0 radical (unpaired) electrons. The fourth-order valence-corrected chi connectivity index (χ4v) is 2.55. The molecule has 2 atom stereocenters.